The van der Waals surface area contributed by atoms with E-state index in [2.05, 4.69) is 15.2 Å². The summed E-state index contributed by atoms with van der Waals surface area (Å²) < 4.78 is 3.37. The highest BCUT2D eigenvalue weighted by atomic mass is 16.1. The van der Waals surface area contributed by atoms with Crippen molar-refractivity contribution in [3.05, 3.63) is 29.6 Å². The largest absolute Gasteiger partial charge is 0.294 e. The van der Waals surface area contributed by atoms with Crippen LogP contribution in [0.2, 0.25) is 0 Å². The number of Topliss-reactive ketones (excluding diaryl/α,β-unsaturated/α-hetero) is 1. The molecular weight excluding hydrogens is 218 g/mol. The van der Waals surface area contributed by atoms with E-state index in [0.29, 0.717) is 17.9 Å². The molecule has 0 bridgehead atoms. The number of hydrogen-bond donors (Lipinski definition) is 0. The van der Waals surface area contributed by atoms with E-state index in [0.717, 1.165) is 5.69 Å². The number of carbonyl (C=O) groups excluding carboxylic acids is 1. The first-order valence-corrected chi connectivity index (χ1v) is 5.52. The van der Waals surface area contributed by atoms with Crippen LogP contribution in [0.3, 0.4) is 0 Å². The average Bonchev–Trinajstić information content (AvgIpc) is 2.84. The van der Waals surface area contributed by atoms with Crippen LogP contribution in [-0.2, 0) is 20.0 Å². The maximum absolute atomic E-state index is 12.1. The predicted molar refractivity (Wildman–Crippen MR) is 61.7 cm³/mol. The summed E-state index contributed by atoms with van der Waals surface area (Å²) in [5, 5.41) is 8.20. The van der Waals surface area contributed by atoms with Gasteiger partial charge in [-0.05, 0) is 13.8 Å². The minimum absolute atomic E-state index is 0.0262. The quantitative estimate of drug-likeness (QED) is 0.731. The topological polar surface area (TPSA) is 65.6 Å². The number of ketones is 1. The number of aryl methyl sites for hydroxylation is 3. The molecule has 2 aromatic rings. The Morgan fingerprint density at radius 1 is 1.47 bits per heavy atom. The Morgan fingerprint density at radius 3 is 2.82 bits per heavy atom. The minimum Gasteiger partial charge on any atom is -0.294 e. The van der Waals surface area contributed by atoms with Crippen molar-refractivity contribution in [1.82, 2.24) is 24.5 Å². The normalized spacial score (nSPS) is 10.8. The fourth-order valence-corrected chi connectivity index (χ4v) is 1.80. The van der Waals surface area contributed by atoms with Crippen LogP contribution in [0.5, 0.6) is 0 Å². The van der Waals surface area contributed by atoms with Crippen LogP contribution in [-0.4, -0.2) is 30.3 Å². The Kier molecular flexibility index (Phi) is 3.03. The van der Waals surface area contributed by atoms with Crippen LogP contribution >= 0.6 is 0 Å². The third-order valence-corrected chi connectivity index (χ3v) is 2.63. The second-order valence-electron chi connectivity index (χ2n) is 3.89. The highest BCUT2D eigenvalue weighted by Crippen LogP contribution is 2.09. The number of aromatic nitrogens is 5. The Morgan fingerprint density at radius 2 is 2.24 bits per heavy atom. The smallest absolute Gasteiger partial charge is 0.173 e. The van der Waals surface area contributed by atoms with Crippen molar-refractivity contribution in [3.8, 4) is 0 Å². The van der Waals surface area contributed by atoms with Crippen LogP contribution in [0.25, 0.3) is 0 Å². The Hall–Kier alpha value is -1.98. The molecule has 0 aromatic carbocycles. The van der Waals surface area contributed by atoms with E-state index in [1.807, 2.05) is 13.8 Å². The number of carbonyl (C=O) groups is 1. The molecule has 0 amide bonds. The van der Waals surface area contributed by atoms with Crippen LogP contribution in [0.4, 0.5) is 0 Å². The predicted octanol–water partition coefficient (Wildman–Crippen LogP) is 0.765. The maximum Gasteiger partial charge on any atom is 0.173 e. The molecule has 0 aliphatic carbocycles. The molecule has 6 nitrogen and oxygen atoms in total. The van der Waals surface area contributed by atoms with Crippen LogP contribution in [0.1, 0.15) is 28.8 Å². The molecule has 90 valence electrons. The molecule has 2 rings (SSSR count). The molecule has 0 atom stereocenters. The van der Waals surface area contributed by atoms with Gasteiger partial charge in [0.25, 0.3) is 0 Å². The van der Waals surface area contributed by atoms with Crippen LogP contribution in [0, 0.1) is 6.92 Å². The fraction of sp³-hybridized carbons (Fsp3) is 0.455. The van der Waals surface area contributed by atoms with Gasteiger partial charge in [0.1, 0.15) is 12.2 Å². The second kappa shape index (κ2) is 4.48. The van der Waals surface area contributed by atoms with Gasteiger partial charge in [-0.1, -0.05) is 0 Å². The van der Waals surface area contributed by atoms with Crippen molar-refractivity contribution in [3.63, 3.8) is 0 Å². The van der Waals surface area contributed by atoms with Gasteiger partial charge in [-0.3, -0.25) is 9.48 Å². The lowest BCUT2D eigenvalue weighted by Crippen LogP contribution is -2.11. The summed E-state index contributed by atoms with van der Waals surface area (Å²) in [6, 6.07) is 0. The number of hydrogen-bond acceptors (Lipinski definition) is 4. The van der Waals surface area contributed by atoms with Gasteiger partial charge in [-0.2, -0.15) is 10.2 Å². The van der Waals surface area contributed by atoms with Crippen molar-refractivity contribution < 1.29 is 4.79 Å². The summed E-state index contributed by atoms with van der Waals surface area (Å²) >= 11 is 0. The molecule has 0 aliphatic rings. The summed E-state index contributed by atoms with van der Waals surface area (Å²) in [5.41, 5.74) is 1.40. The molecule has 0 saturated heterocycles. The molecule has 0 saturated carbocycles. The number of rotatable bonds is 4. The van der Waals surface area contributed by atoms with Gasteiger partial charge in [-0.15, -0.1) is 0 Å². The molecule has 0 radical (unpaired) electrons. The van der Waals surface area contributed by atoms with Crippen molar-refractivity contribution in [1.29, 1.82) is 0 Å². The zero-order valence-electron chi connectivity index (χ0n) is 10.2. The highest BCUT2D eigenvalue weighted by molar-refractivity contribution is 5.97. The van der Waals surface area contributed by atoms with Gasteiger partial charge in [-0.25, -0.2) is 9.67 Å². The summed E-state index contributed by atoms with van der Waals surface area (Å²) in [4.78, 5) is 16.2. The van der Waals surface area contributed by atoms with Gasteiger partial charge in [0, 0.05) is 19.8 Å². The van der Waals surface area contributed by atoms with Gasteiger partial charge in [0.15, 0.2) is 5.78 Å². The van der Waals surface area contributed by atoms with Crippen LogP contribution < -0.4 is 0 Å². The van der Waals surface area contributed by atoms with E-state index in [1.165, 1.54) is 6.33 Å². The van der Waals surface area contributed by atoms with Crippen molar-refractivity contribution in [2.75, 3.05) is 0 Å². The summed E-state index contributed by atoms with van der Waals surface area (Å²) in [6.45, 7) is 4.52. The SMILES string of the molecule is CCn1ncnc1CC(=O)c1cn(C)nc1C. The fourth-order valence-electron chi connectivity index (χ4n) is 1.80. The molecule has 0 N–H and O–H groups in total. The third kappa shape index (κ3) is 2.25. The Bertz CT molecular complexity index is 540. The molecular formula is C11H15N5O. The zero-order valence-corrected chi connectivity index (χ0v) is 10.2. The lowest BCUT2D eigenvalue weighted by molar-refractivity contribution is 0.0989. The lowest BCUT2D eigenvalue weighted by atomic mass is 10.1. The van der Waals surface area contributed by atoms with Crippen molar-refractivity contribution >= 4 is 5.78 Å². The van der Waals surface area contributed by atoms with Crippen molar-refractivity contribution in [2.24, 2.45) is 7.05 Å². The molecule has 0 unspecified atom stereocenters. The summed E-state index contributed by atoms with van der Waals surface area (Å²) in [6.07, 6.45) is 3.48. The Labute approximate surface area is 99.3 Å². The van der Waals surface area contributed by atoms with E-state index in [-0.39, 0.29) is 12.2 Å². The molecule has 2 aromatic heterocycles. The molecule has 2 heterocycles. The molecule has 17 heavy (non-hydrogen) atoms. The highest BCUT2D eigenvalue weighted by Gasteiger charge is 2.15. The average molecular weight is 233 g/mol. The van der Waals surface area contributed by atoms with Gasteiger partial charge in [0.05, 0.1) is 17.7 Å². The van der Waals surface area contributed by atoms with E-state index in [4.69, 9.17) is 0 Å². The molecule has 0 spiro atoms. The van der Waals surface area contributed by atoms with E-state index in [1.54, 1.807) is 22.6 Å². The Balaban J connectivity index is 2.20. The van der Waals surface area contributed by atoms with E-state index < -0.39 is 0 Å². The van der Waals surface area contributed by atoms with Gasteiger partial charge in [0.2, 0.25) is 0 Å². The minimum atomic E-state index is 0.0262. The summed E-state index contributed by atoms with van der Waals surface area (Å²) in [7, 11) is 1.80. The van der Waals surface area contributed by atoms with E-state index in [9.17, 15) is 4.79 Å². The lowest BCUT2D eigenvalue weighted by Gasteiger charge is -2.01. The molecule has 0 fully saturated rings. The van der Waals surface area contributed by atoms with Crippen LogP contribution in [0.15, 0.2) is 12.5 Å². The molecule has 6 heteroatoms. The first kappa shape index (κ1) is 11.5. The van der Waals surface area contributed by atoms with Gasteiger partial charge < -0.3 is 0 Å². The number of nitrogens with zero attached hydrogens (tertiary/aromatic N) is 5. The third-order valence-electron chi connectivity index (χ3n) is 2.63. The first-order valence-electron chi connectivity index (χ1n) is 5.52. The van der Waals surface area contributed by atoms with E-state index >= 15 is 0 Å². The standard InChI is InChI=1S/C11H15N5O/c1-4-16-11(12-7-13-16)5-10(17)9-6-15(3)14-8(9)2/h6-7H,4-5H2,1-3H3. The second-order valence-corrected chi connectivity index (χ2v) is 3.89. The van der Waals surface area contributed by atoms with Crippen molar-refractivity contribution in [2.45, 2.75) is 26.8 Å². The molecule has 0 aliphatic heterocycles. The first-order chi connectivity index (χ1) is 8.11. The van der Waals surface area contributed by atoms with Gasteiger partial charge >= 0.3 is 0 Å². The zero-order chi connectivity index (χ0) is 12.4. The monoisotopic (exact) mass is 233 g/mol. The summed E-state index contributed by atoms with van der Waals surface area (Å²) in [5.74, 6) is 0.721. The maximum atomic E-state index is 12.1.